The lowest BCUT2D eigenvalue weighted by Gasteiger charge is -2.36. The second kappa shape index (κ2) is 8.30. The molecule has 2 fully saturated rings. The van der Waals surface area contributed by atoms with E-state index in [-0.39, 0.29) is 24.3 Å². The summed E-state index contributed by atoms with van der Waals surface area (Å²) in [5.74, 6) is 0.799. The second-order valence-electron chi connectivity index (χ2n) is 7.69. The molecule has 27 heavy (non-hydrogen) atoms. The molecule has 2 heterocycles. The highest BCUT2D eigenvalue weighted by atomic mass is 16.5. The van der Waals surface area contributed by atoms with Gasteiger partial charge in [-0.3, -0.25) is 9.59 Å². The van der Waals surface area contributed by atoms with Crippen molar-refractivity contribution in [2.75, 3.05) is 46.0 Å². The van der Waals surface area contributed by atoms with Gasteiger partial charge in [0.1, 0.15) is 5.75 Å². The summed E-state index contributed by atoms with van der Waals surface area (Å²) in [6.45, 7) is 3.78. The van der Waals surface area contributed by atoms with Crippen molar-refractivity contribution in [2.45, 2.75) is 32.1 Å². The van der Waals surface area contributed by atoms with Gasteiger partial charge in [-0.1, -0.05) is 6.07 Å². The third kappa shape index (κ3) is 4.26. The number of amides is 2. The minimum atomic E-state index is -0.0965. The molecule has 4 rings (SSSR count). The molecule has 3 aliphatic rings. The van der Waals surface area contributed by atoms with Crippen LogP contribution >= 0.6 is 0 Å². The van der Waals surface area contributed by atoms with E-state index < -0.39 is 0 Å². The van der Waals surface area contributed by atoms with Crippen molar-refractivity contribution in [3.05, 3.63) is 29.3 Å². The Morgan fingerprint density at radius 1 is 1.04 bits per heavy atom. The molecule has 1 aliphatic carbocycles. The molecule has 0 N–H and O–H groups in total. The lowest BCUT2D eigenvalue weighted by atomic mass is 9.96. The normalized spacial score (nSPS) is 22.4. The van der Waals surface area contributed by atoms with E-state index in [4.69, 9.17) is 9.47 Å². The van der Waals surface area contributed by atoms with Crippen LogP contribution in [0.4, 0.5) is 0 Å². The number of hydrogen-bond donors (Lipinski definition) is 0. The van der Waals surface area contributed by atoms with E-state index in [2.05, 4.69) is 12.1 Å². The van der Waals surface area contributed by atoms with Crippen molar-refractivity contribution in [2.24, 2.45) is 5.92 Å². The van der Waals surface area contributed by atoms with Gasteiger partial charge < -0.3 is 19.3 Å². The summed E-state index contributed by atoms with van der Waals surface area (Å²) in [7, 11) is 0. The van der Waals surface area contributed by atoms with Crippen LogP contribution in [-0.2, 0) is 27.2 Å². The van der Waals surface area contributed by atoms with E-state index in [1.54, 1.807) is 4.90 Å². The molecule has 1 atom stereocenters. The van der Waals surface area contributed by atoms with Crippen molar-refractivity contribution >= 4 is 11.8 Å². The fourth-order valence-electron chi connectivity index (χ4n) is 4.32. The van der Waals surface area contributed by atoms with Crippen LogP contribution in [0.5, 0.6) is 5.75 Å². The highest BCUT2D eigenvalue weighted by Crippen LogP contribution is 2.26. The molecule has 1 aromatic rings. The van der Waals surface area contributed by atoms with Crippen LogP contribution in [0.3, 0.4) is 0 Å². The zero-order valence-corrected chi connectivity index (χ0v) is 15.8. The number of carbonyl (C=O) groups is 2. The second-order valence-corrected chi connectivity index (χ2v) is 7.69. The van der Waals surface area contributed by atoms with Crippen molar-refractivity contribution in [3.63, 3.8) is 0 Å². The van der Waals surface area contributed by atoms with Gasteiger partial charge in [-0.05, 0) is 55.4 Å². The van der Waals surface area contributed by atoms with Gasteiger partial charge in [-0.15, -0.1) is 0 Å². The van der Waals surface area contributed by atoms with Crippen LogP contribution in [0, 0.1) is 5.92 Å². The van der Waals surface area contributed by atoms with Gasteiger partial charge in [-0.2, -0.15) is 0 Å². The van der Waals surface area contributed by atoms with Gasteiger partial charge in [-0.25, -0.2) is 0 Å². The number of carbonyl (C=O) groups excluding carboxylic acids is 2. The number of likely N-dealkylation sites (tertiary alicyclic amines) is 1. The smallest absolute Gasteiger partial charge is 0.260 e. The monoisotopic (exact) mass is 372 g/mol. The Hall–Kier alpha value is -2.08. The maximum Gasteiger partial charge on any atom is 0.260 e. The Kier molecular flexibility index (Phi) is 5.62. The molecule has 0 radical (unpaired) electrons. The first-order valence-electron chi connectivity index (χ1n) is 10.1. The first kappa shape index (κ1) is 18.3. The Morgan fingerprint density at radius 2 is 1.85 bits per heavy atom. The molecular weight excluding hydrogens is 344 g/mol. The predicted molar refractivity (Wildman–Crippen MR) is 101 cm³/mol. The summed E-state index contributed by atoms with van der Waals surface area (Å²) < 4.78 is 11.1. The van der Waals surface area contributed by atoms with E-state index in [0.717, 1.165) is 31.4 Å². The number of rotatable bonds is 4. The topological polar surface area (TPSA) is 59.1 Å². The molecule has 2 saturated heterocycles. The lowest BCUT2D eigenvalue weighted by Crippen LogP contribution is -2.50. The SMILES string of the molecule is O=C(COc1ccc2c(c1)CCC2)N1CCCC(C(=O)N2CCOCC2)C1. The molecule has 0 spiro atoms. The quantitative estimate of drug-likeness (QED) is 0.806. The number of fused-ring (bicyclic) bond motifs is 1. The van der Waals surface area contributed by atoms with Crippen molar-refractivity contribution in [1.82, 2.24) is 9.80 Å². The van der Waals surface area contributed by atoms with Crippen LogP contribution < -0.4 is 4.74 Å². The third-order valence-electron chi connectivity index (χ3n) is 5.88. The van der Waals surface area contributed by atoms with E-state index in [9.17, 15) is 9.59 Å². The largest absolute Gasteiger partial charge is 0.484 e. The molecule has 0 bridgehead atoms. The molecule has 6 nitrogen and oxygen atoms in total. The van der Waals surface area contributed by atoms with Crippen LogP contribution in [-0.4, -0.2) is 67.6 Å². The van der Waals surface area contributed by atoms with Crippen molar-refractivity contribution in [3.8, 4) is 5.75 Å². The number of morpholine rings is 1. The molecule has 2 amide bonds. The van der Waals surface area contributed by atoms with Crippen molar-refractivity contribution < 1.29 is 19.1 Å². The van der Waals surface area contributed by atoms with Crippen LogP contribution in [0.2, 0.25) is 0 Å². The molecule has 2 aliphatic heterocycles. The number of nitrogens with zero attached hydrogens (tertiary/aromatic N) is 2. The number of ether oxygens (including phenoxy) is 2. The first-order valence-corrected chi connectivity index (χ1v) is 10.1. The molecule has 1 aromatic carbocycles. The summed E-state index contributed by atoms with van der Waals surface area (Å²) in [4.78, 5) is 29.0. The zero-order valence-electron chi connectivity index (χ0n) is 15.8. The molecule has 1 unspecified atom stereocenters. The maximum absolute atomic E-state index is 12.7. The van der Waals surface area contributed by atoms with Gasteiger partial charge in [0.05, 0.1) is 19.1 Å². The van der Waals surface area contributed by atoms with Crippen LogP contribution in [0.1, 0.15) is 30.4 Å². The number of hydrogen-bond acceptors (Lipinski definition) is 4. The minimum absolute atomic E-state index is 0.0324. The zero-order chi connectivity index (χ0) is 18.6. The summed E-state index contributed by atoms with van der Waals surface area (Å²) in [6, 6.07) is 6.13. The Labute approximate surface area is 160 Å². The average molecular weight is 372 g/mol. The Morgan fingerprint density at radius 3 is 2.70 bits per heavy atom. The van der Waals surface area contributed by atoms with Gasteiger partial charge in [0.15, 0.2) is 6.61 Å². The standard InChI is InChI=1S/C21H28N2O4/c24-20(15-27-19-7-6-16-3-1-4-17(16)13-19)23-8-2-5-18(14-23)21(25)22-9-11-26-12-10-22/h6-7,13,18H,1-5,8-12,14-15H2. The Bertz CT molecular complexity index is 699. The number of benzene rings is 1. The molecule has 0 saturated carbocycles. The fourth-order valence-corrected chi connectivity index (χ4v) is 4.32. The summed E-state index contributed by atoms with van der Waals surface area (Å²) in [5, 5.41) is 0. The number of piperidine rings is 1. The van der Waals surface area contributed by atoms with Gasteiger partial charge in [0, 0.05) is 26.2 Å². The molecule has 146 valence electrons. The maximum atomic E-state index is 12.7. The van der Waals surface area contributed by atoms with E-state index in [0.29, 0.717) is 39.4 Å². The minimum Gasteiger partial charge on any atom is -0.484 e. The Balaban J connectivity index is 1.30. The van der Waals surface area contributed by atoms with Crippen LogP contribution in [0.25, 0.3) is 0 Å². The molecular formula is C21H28N2O4. The van der Waals surface area contributed by atoms with E-state index in [1.165, 1.54) is 17.5 Å². The average Bonchev–Trinajstić information content (AvgIpc) is 3.20. The van der Waals surface area contributed by atoms with Gasteiger partial charge in [0.2, 0.25) is 5.91 Å². The van der Waals surface area contributed by atoms with E-state index in [1.807, 2.05) is 11.0 Å². The molecule has 0 aromatic heterocycles. The molecule has 6 heteroatoms. The first-order chi connectivity index (χ1) is 13.2. The predicted octanol–water partition coefficient (Wildman–Crippen LogP) is 1.65. The van der Waals surface area contributed by atoms with Crippen LogP contribution in [0.15, 0.2) is 18.2 Å². The van der Waals surface area contributed by atoms with E-state index >= 15 is 0 Å². The van der Waals surface area contributed by atoms with Gasteiger partial charge >= 0.3 is 0 Å². The highest BCUT2D eigenvalue weighted by molar-refractivity contribution is 5.82. The third-order valence-corrected chi connectivity index (χ3v) is 5.88. The highest BCUT2D eigenvalue weighted by Gasteiger charge is 2.32. The lowest BCUT2D eigenvalue weighted by molar-refractivity contribution is -0.144. The summed E-state index contributed by atoms with van der Waals surface area (Å²) >= 11 is 0. The van der Waals surface area contributed by atoms with Crippen molar-refractivity contribution in [1.29, 1.82) is 0 Å². The number of aryl methyl sites for hydroxylation is 2. The summed E-state index contributed by atoms with van der Waals surface area (Å²) in [6.07, 6.45) is 5.15. The van der Waals surface area contributed by atoms with Gasteiger partial charge in [0.25, 0.3) is 5.91 Å². The fraction of sp³-hybridized carbons (Fsp3) is 0.619. The summed E-state index contributed by atoms with van der Waals surface area (Å²) in [5.41, 5.74) is 2.74.